The molecule has 2 N–H and O–H groups in total. The molecule has 0 aromatic heterocycles. The molecule has 0 aliphatic rings. The minimum absolute atomic E-state index is 0.256. The van der Waals surface area contributed by atoms with Crippen molar-refractivity contribution in [2.45, 2.75) is 31.8 Å². The average Bonchev–Trinajstić information content (AvgIpc) is 2.88. The van der Waals surface area contributed by atoms with Crippen molar-refractivity contribution in [3.8, 4) is 5.75 Å². The van der Waals surface area contributed by atoms with Crippen molar-refractivity contribution in [1.82, 2.24) is 4.90 Å². The van der Waals surface area contributed by atoms with Gasteiger partial charge in [0.1, 0.15) is 5.75 Å². The Balaban J connectivity index is 1.61. The predicted molar refractivity (Wildman–Crippen MR) is 139 cm³/mol. The number of fused-ring (bicyclic) bond motifs is 1. The summed E-state index contributed by atoms with van der Waals surface area (Å²) in [5.41, 5.74) is 10.3. The molecular weight excluding hydrogens is 404 g/mol. The lowest BCUT2D eigenvalue weighted by Gasteiger charge is -2.32. The van der Waals surface area contributed by atoms with E-state index in [1.807, 2.05) is 0 Å². The largest absolute Gasteiger partial charge is 0.496 e. The molecule has 3 nitrogen and oxygen atoms in total. The molecule has 0 aliphatic heterocycles. The van der Waals surface area contributed by atoms with Gasteiger partial charge in [-0.15, -0.1) is 0 Å². The lowest BCUT2D eigenvalue weighted by atomic mass is 9.99. The van der Waals surface area contributed by atoms with E-state index in [0.717, 1.165) is 38.1 Å². The molecule has 33 heavy (non-hydrogen) atoms. The second-order valence-corrected chi connectivity index (χ2v) is 8.61. The number of hydrogen-bond acceptors (Lipinski definition) is 3. The van der Waals surface area contributed by atoms with Gasteiger partial charge < -0.3 is 10.5 Å². The Bertz CT molecular complexity index is 1130. The molecule has 0 saturated heterocycles. The lowest BCUT2D eigenvalue weighted by Crippen LogP contribution is -2.42. The number of hydrogen-bond donors (Lipinski definition) is 1. The molecule has 0 aliphatic carbocycles. The number of nitrogens with zero attached hydrogens (tertiary/aromatic N) is 1. The van der Waals surface area contributed by atoms with Gasteiger partial charge in [-0.1, -0.05) is 91.0 Å². The third-order valence-electron chi connectivity index (χ3n) is 6.43. The Kier molecular flexibility index (Phi) is 8.13. The molecule has 4 rings (SSSR count). The van der Waals surface area contributed by atoms with Crippen molar-refractivity contribution in [3.05, 3.63) is 114 Å². The van der Waals surface area contributed by atoms with Gasteiger partial charge in [-0.25, -0.2) is 0 Å². The van der Waals surface area contributed by atoms with Gasteiger partial charge in [-0.2, -0.15) is 0 Å². The van der Waals surface area contributed by atoms with Crippen molar-refractivity contribution in [2.75, 3.05) is 20.2 Å². The summed E-state index contributed by atoms with van der Waals surface area (Å²) in [7, 11) is 1.76. The second-order valence-electron chi connectivity index (χ2n) is 8.61. The van der Waals surface area contributed by atoms with Crippen LogP contribution in [0.5, 0.6) is 5.75 Å². The molecule has 0 amide bonds. The normalized spacial score (nSPS) is 12.2. The molecule has 0 heterocycles. The zero-order valence-electron chi connectivity index (χ0n) is 19.5. The van der Waals surface area contributed by atoms with Crippen molar-refractivity contribution in [2.24, 2.45) is 5.73 Å². The van der Waals surface area contributed by atoms with E-state index in [0.29, 0.717) is 6.54 Å². The Morgan fingerprint density at radius 3 is 2.15 bits per heavy atom. The van der Waals surface area contributed by atoms with Gasteiger partial charge in [-0.05, 0) is 53.8 Å². The van der Waals surface area contributed by atoms with Gasteiger partial charge in [0, 0.05) is 24.7 Å². The van der Waals surface area contributed by atoms with Crippen molar-refractivity contribution < 1.29 is 4.74 Å². The third kappa shape index (κ3) is 6.01. The molecule has 0 saturated carbocycles. The Labute approximate surface area is 197 Å². The first-order valence-corrected chi connectivity index (χ1v) is 11.8. The minimum Gasteiger partial charge on any atom is -0.496 e. The summed E-state index contributed by atoms with van der Waals surface area (Å²) in [6.45, 7) is 2.41. The highest BCUT2D eigenvalue weighted by molar-refractivity contribution is 5.87. The van der Waals surface area contributed by atoms with Gasteiger partial charge in [-0.3, -0.25) is 4.90 Å². The summed E-state index contributed by atoms with van der Waals surface area (Å²) in [5, 5.41) is 2.49. The van der Waals surface area contributed by atoms with Gasteiger partial charge in [0.2, 0.25) is 0 Å². The zero-order valence-corrected chi connectivity index (χ0v) is 19.5. The number of nitrogens with two attached hydrogens (primary N) is 1. The number of aryl methyl sites for hydroxylation is 1. The number of ether oxygens (including phenoxy) is 1. The molecule has 1 unspecified atom stereocenters. The summed E-state index contributed by atoms with van der Waals surface area (Å²) in [6.07, 6.45) is 3.09. The SMILES string of the molecule is COc1ccc2ccccc2c1CN(CCCc1ccccc1)C(CN)Cc1ccccc1. The van der Waals surface area contributed by atoms with Crippen molar-refractivity contribution in [1.29, 1.82) is 0 Å². The van der Waals surface area contributed by atoms with Gasteiger partial charge in [0.05, 0.1) is 7.11 Å². The molecule has 1 atom stereocenters. The summed E-state index contributed by atoms with van der Waals surface area (Å²) >= 11 is 0. The van der Waals surface area contributed by atoms with Crippen molar-refractivity contribution in [3.63, 3.8) is 0 Å². The van der Waals surface area contributed by atoms with Crippen LogP contribution in [0.2, 0.25) is 0 Å². The zero-order chi connectivity index (χ0) is 22.9. The molecule has 4 aromatic carbocycles. The monoisotopic (exact) mass is 438 g/mol. The van der Waals surface area contributed by atoms with Gasteiger partial charge in [0.15, 0.2) is 0 Å². The van der Waals surface area contributed by atoms with Crippen LogP contribution in [0.3, 0.4) is 0 Å². The first-order chi connectivity index (χ1) is 16.3. The van der Waals surface area contributed by atoms with E-state index >= 15 is 0 Å². The topological polar surface area (TPSA) is 38.5 Å². The maximum Gasteiger partial charge on any atom is 0.123 e. The molecule has 3 heteroatoms. The van der Waals surface area contributed by atoms with E-state index in [-0.39, 0.29) is 6.04 Å². The van der Waals surface area contributed by atoms with Gasteiger partial charge in [0.25, 0.3) is 0 Å². The summed E-state index contributed by atoms with van der Waals surface area (Å²) in [4.78, 5) is 2.56. The molecule has 0 spiro atoms. The van der Waals surface area contributed by atoms with E-state index in [9.17, 15) is 0 Å². The molecule has 0 radical (unpaired) electrons. The average molecular weight is 439 g/mol. The van der Waals surface area contributed by atoms with Crippen LogP contribution >= 0.6 is 0 Å². The maximum absolute atomic E-state index is 6.37. The summed E-state index contributed by atoms with van der Waals surface area (Å²) in [6, 6.07) is 34.5. The Morgan fingerprint density at radius 1 is 0.788 bits per heavy atom. The number of rotatable bonds is 11. The van der Waals surface area contributed by atoms with Crippen LogP contribution in [0.25, 0.3) is 10.8 Å². The number of methoxy groups -OCH3 is 1. The van der Waals surface area contributed by atoms with E-state index in [1.165, 1.54) is 27.5 Å². The van der Waals surface area contributed by atoms with E-state index in [1.54, 1.807) is 7.11 Å². The molecule has 0 bridgehead atoms. The van der Waals surface area contributed by atoms with E-state index in [2.05, 4.69) is 102 Å². The Morgan fingerprint density at radius 2 is 1.45 bits per heavy atom. The first kappa shape index (κ1) is 23.0. The van der Waals surface area contributed by atoms with Crippen molar-refractivity contribution >= 4 is 10.8 Å². The standard InChI is InChI=1S/C30H34N2O/c1-33-30-19-18-26-16-8-9-17-28(26)29(30)23-32(20-10-15-24-11-4-2-5-12-24)27(22-31)21-25-13-6-3-7-14-25/h2-9,11-14,16-19,27H,10,15,20-23,31H2,1H3. The van der Waals surface area contributed by atoms with E-state index in [4.69, 9.17) is 10.5 Å². The van der Waals surface area contributed by atoms with Crippen LogP contribution in [0.15, 0.2) is 97.1 Å². The first-order valence-electron chi connectivity index (χ1n) is 11.8. The quantitative estimate of drug-likeness (QED) is 0.319. The highest BCUT2D eigenvalue weighted by atomic mass is 16.5. The van der Waals surface area contributed by atoms with Crippen LogP contribution < -0.4 is 10.5 Å². The fourth-order valence-electron chi connectivity index (χ4n) is 4.64. The van der Waals surface area contributed by atoms with Crippen LogP contribution in [0.4, 0.5) is 0 Å². The fraction of sp³-hybridized carbons (Fsp3) is 0.267. The van der Waals surface area contributed by atoms with E-state index < -0.39 is 0 Å². The highest BCUT2D eigenvalue weighted by Gasteiger charge is 2.21. The molecule has 0 fully saturated rings. The number of benzene rings is 4. The van der Waals surface area contributed by atoms with Crippen LogP contribution in [-0.4, -0.2) is 31.1 Å². The van der Waals surface area contributed by atoms with Crippen LogP contribution in [-0.2, 0) is 19.4 Å². The summed E-state index contributed by atoms with van der Waals surface area (Å²) < 4.78 is 5.80. The summed E-state index contributed by atoms with van der Waals surface area (Å²) in [5.74, 6) is 0.942. The molecule has 170 valence electrons. The molecule has 4 aromatic rings. The third-order valence-corrected chi connectivity index (χ3v) is 6.43. The molecular formula is C30H34N2O. The van der Waals surface area contributed by atoms with Crippen LogP contribution in [0.1, 0.15) is 23.1 Å². The maximum atomic E-state index is 6.37. The van der Waals surface area contributed by atoms with Gasteiger partial charge >= 0.3 is 0 Å². The van der Waals surface area contributed by atoms with Crippen LogP contribution in [0, 0.1) is 0 Å². The second kappa shape index (κ2) is 11.6. The minimum atomic E-state index is 0.256. The highest BCUT2D eigenvalue weighted by Crippen LogP contribution is 2.30. The smallest absolute Gasteiger partial charge is 0.123 e. The predicted octanol–water partition coefficient (Wildman–Crippen LogP) is 5.85. The lowest BCUT2D eigenvalue weighted by molar-refractivity contribution is 0.186. The fourth-order valence-corrected chi connectivity index (χ4v) is 4.64. The Hall–Kier alpha value is -3.14.